The van der Waals surface area contributed by atoms with E-state index in [4.69, 9.17) is 17.0 Å². The predicted molar refractivity (Wildman–Crippen MR) is 177 cm³/mol. The van der Waals surface area contributed by atoms with Gasteiger partial charge in [-0.1, -0.05) is 30.3 Å². The fourth-order valence-corrected chi connectivity index (χ4v) is 6.13. The van der Waals surface area contributed by atoms with Crippen LogP contribution >= 0.6 is 12.2 Å². The fourth-order valence-electron chi connectivity index (χ4n) is 5.78. The van der Waals surface area contributed by atoms with Crippen molar-refractivity contribution in [1.82, 2.24) is 14.9 Å². The number of carbonyl (C=O) groups excluding carboxylic acids is 1. The van der Waals surface area contributed by atoms with Crippen LogP contribution in [0.15, 0.2) is 109 Å². The fraction of sp³-hybridized carbons (Fsp3) is 0.143. The van der Waals surface area contributed by atoms with Crippen LogP contribution < -0.4 is 20.3 Å². The first-order chi connectivity index (χ1) is 21.8. The van der Waals surface area contributed by atoms with Crippen molar-refractivity contribution in [2.75, 3.05) is 16.8 Å². The van der Waals surface area contributed by atoms with Crippen molar-refractivity contribution in [3.05, 3.63) is 138 Å². The van der Waals surface area contributed by atoms with Crippen LogP contribution in [0.3, 0.4) is 0 Å². The molecule has 3 heterocycles. The molecule has 1 amide bonds. The summed E-state index contributed by atoms with van der Waals surface area (Å²) in [7, 11) is 0. The first-order valence-corrected chi connectivity index (χ1v) is 14.8. The standard InChI is InChI=1S/C35H31N5O4S/c1-22-19-29(23(2)39(22)27-10-8-9-24(20-27)34(42)43)33-32(30-13-6-7-18-36-30)38-35(45)40(33)26-16-14-25(15-17-26)37-31(41)21-44-28-11-4-3-5-12-28/h3-20,32-33H,21H2,1-2H3,(H,37,41)(H,38,45)(H,42,43)/t32-,33+/m0/s1. The smallest absolute Gasteiger partial charge is 0.335 e. The van der Waals surface area contributed by atoms with Crippen LogP contribution in [0.4, 0.5) is 11.4 Å². The number of aromatic nitrogens is 2. The van der Waals surface area contributed by atoms with Crippen molar-refractivity contribution in [3.63, 3.8) is 0 Å². The second kappa shape index (κ2) is 12.6. The molecule has 0 spiro atoms. The van der Waals surface area contributed by atoms with E-state index in [1.807, 2.05) is 80.6 Å². The summed E-state index contributed by atoms with van der Waals surface area (Å²) in [6.07, 6.45) is 1.76. The van der Waals surface area contributed by atoms with Gasteiger partial charge in [-0.25, -0.2) is 4.79 Å². The van der Waals surface area contributed by atoms with Crippen molar-refractivity contribution < 1.29 is 19.4 Å². The van der Waals surface area contributed by atoms with E-state index in [9.17, 15) is 14.7 Å². The maximum atomic E-state index is 12.5. The van der Waals surface area contributed by atoms with Gasteiger partial charge < -0.3 is 29.9 Å². The molecule has 6 rings (SSSR count). The number of hydrogen-bond acceptors (Lipinski definition) is 5. The van der Waals surface area contributed by atoms with Crippen molar-refractivity contribution >= 4 is 40.6 Å². The van der Waals surface area contributed by atoms with Gasteiger partial charge in [-0.15, -0.1) is 0 Å². The normalized spacial score (nSPS) is 15.9. The number of thiocarbonyl (C=S) groups is 1. The van der Waals surface area contributed by atoms with Crippen LogP contribution in [0, 0.1) is 13.8 Å². The molecular formula is C35H31N5O4S. The number of aromatic carboxylic acids is 1. The number of nitrogens with one attached hydrogen (secondary N) is 2. The first-order valence-electron chi connectivity index (χ1n) is 14.4. The van der Waals surface area contributed by atoms with E-state index in [1.165, 1.54) is 0 Å². The second-order valence-electron chi connectivity index (χ2n) is 10.7. The number of carbonyl (C=O) groups is 2. The summed E-state index contributed by atoms with van der Waals surface area (Å²) < 4.78 is 7.63. The van der Waals surface area contributed by atoms with E-state index in [2.05, 4.69) is 31.2 Å². The minimum absolute atomic E-state index is 0.106. The molecule has 226 valence electrons. The molecule has 2 atom stereocenters. The van der Waals surface area contributed by atoms with E-state index in [1.54, 1.807) is 36.5 Å². The highest BCUT2D eigenvalue weighted by atomic mass is 32.1. The van der Waals surface area contributed by atoms with Crippen LogP contribution in [0.5, 0.6) is 5.75 Å². The number of carboxylic acids is 1. The Hall–Kier alpha value is -5.48. The number of nitrogens with zero attached hydrogens (tertiary/aromatic N) is 3. The topological polar surface area (TPSA) is 109 Å². The van der Waals surface area contributed by atoms with E-state index < -0.39 is 5.97 Å². The molecule has 1 fully saturated rings. The monoisotopic (exact) mass is 617 g/mol. The Kier molecular flexibility index (Phi) is 8.30. The number of carboxylic acid groups (broad SMARTS) is 1. The lowest BCUT2D eigenvalue weighted by Gasteiger charge is -2.28. The maximum Gasteiger partial charge on any atom is 0.335 e. The third kappa shape index (κ3) is 6.13. The summed E-state index contributed by atoms with van der Waals surface area (Å²) in [5, 5.41) is 16.5. The number of rotatable bonds is 9. The summed E-state index contributed by atoms with van der Waals surface area (Å²) in [6.45, 7) is 3.93. The Labute approximate surface area is 266 Å². The zero-order valence-electron chi connectivity index (χ0n) is 24.7. The molecular weight excluding hydrogens is 586 g/mol. The largest absolute Gasteiger partial charge is 0.484 e. The van der Waals surface area contributed by atoms with Gasteiger partial charge in [0.05, 0.1) is 23.3 Å². The summed E-state index contributed by atoms with van der Waals surface area (Å²) in [5.41, 5.74) is 6.23. The zero-order chi connectivity index (χ0) is 31.5. The number of pyridine rings is 1. The Balaban J connectivity index is 1.32. The number of aryl methyl sites for hydroxylation is 1. The molecule has 3 aromatic carbocycles. The third-order valence-electron chi connectivity index (χ3n) is 7.78. The van der Waals surface area contributed by atoms with Gasteiger partial charge in [0.2, 0.25) is 0 Å². The van der Waals surface area contributed by atoms with E-state index in [-0.39, 0.29) is 30.2 Å². The number of ether oxygens (including phenoxy) is 1. The van der Waals surface area contributed by atoms with Crippen molar-refractivity contribution in [1.29, 1.82) is 0 Å². The maximum absolute atomic E-state index is 12.5. The average molecular weight is 618 g/mol. The molecule has 0 aliphatic carbocycles. The number of para-hydroxylation sites is 1. The molecule has 0 unspecified atom stereocenters. The van der Waals surface area contributed by atoms with Crippen molar-refractivity contribution in [3.8, 4) is 11.4 Å². The lowest BCUT2D eigenvalue weighted by Crippen LogP contribution is -2.29. The Morgan fingerprint density at radius 2 is 1.69 bits per heavy atom. The van der Waals surface area contributed by atoms with Crippen LogP contribution in [-0.2, 0) is 4.79 Å². The summed E-state index contributed by atoms with van der Waals surface area (Å²) >= 11 is 5.91. The lowest BCUT2D eigenvalue weighted by molar-refractivity contribution is -0.118. The van der Waals surface area contributed by atoms with Gasteiger partial charge in [-0.2, -0.15) is 0 Å². The minimum atomic E-state index is -0.977. The average Bonchev–Trinajstić information content (AvgIpc) is 3.55. The van der Waals surface area contributed by atoms with E-state index in [0.29, 0.717) is 16.5 Å². The Bertz CT molecular complexity index is 1860. The molecule has 1 aliphatic rings. The SMILES string of the molecule is Cc1cc([C@@H]2[C@H](c3ccccn3)NC(=S)N2c2ccc(NC(=O)COc3ccccc3)cc2)c(C)n1-c1cccc(C(=O)O)c1. The summed E-state index contributed by atoms with van der Waals surface area (Å²) in [6, 6.07) is 31.0. The molecule has 9 nitrogen and oxygen atoms in total. The number of anilines is 2. The molecule has 5 aromatic rings. The quantitative estimate of drug-likeness (QED) is 0.164. The molecule has 45 heavy (non-hydrogen) atoms. The second-order valence-corrected chi connectivity index (χ2v) is 11.1. The molecule has 0 saturated carbocycles. The molecule has 3 N–H and O–H groups in total. The first kappa shape index (κ1) is 29.6. The Morgan fingerprint density at radius 1 is 0.933 bits per heavy atom. The van der Waals surface area contributed by atoms with Crippen molar-refractivity contribution in [2.24, 2.45) is 0 Å². The van der Waals surface area contributed by atoms with Gasteiger partial charge >= 0.3 is 5.97 Å². The summed E-state index contributed by atoms with van der Waals surface area (Å²) in [5.74, 6) is -0.618. The molecule has 0 radical (unpaired) electrons. The zero-order valence-corrected chi connectivity index (χ0v) is 25.5. The Morgan fingerprint density at radius 3 is 2.40 bits per heavy atom. The summed E-state index contributed by atoms with van der Waals surface area (Å²) in [4.78, 5) is 31.0. The molecule has 1 saturated heterocycles. The van der Waals surface area contributed by atoms with Crippen LogP contribution in [-0.4, -0.2) is 38.3 Å². The van der Waals surface area contributed by atoms with Crippen LogP contribution in [0.1, 0.15) is 45.1 Å². The number of amides is 1. The van der Waals surface area contributed by atoms with Gasteiger partial charge in [0.25, 0.3) is 5.91 Å². The highest BCUT2D eigenvalue weighted by molar-refractivity contribution is 7.80. The van der Waals surface area contributed by atoms with Gasteiger partial charge in [0.15, 0.2) is 11.7 Å². The van der Waals surface area contributed by atoms with Gasteiger partial charge in [0.1, 0.15) is 5.75 Å². The van der Waals surface area contributed by atoms with E-state index in [0.717, 1.165) is 34.0 Å². The molecule has 10 heteroatoms. The number of benzene rings is 3. The molecule has 2 aromatic heterocycles. The van der Waals surface area contributed by atoms with Crippen LogP contribution in [0.2, 0.25) is 0 Å². The predicted octanol–water partition coefficient (Wildman–Crippen LogP) is 6.38. The van der Waals surface area contributed by atoms with Gasteiger partial charge in [-0.3, -0.25) is 9.78 Å². The van der Waals surface area contributed by atoms with Gasteiger partial charge in [-0.05, 0) is 104 Å². The minimum Gasteiger partial charge on any atom is -0.484 e. The lowest BCUT2D eigenvalue weighted by atomic mass is 9.96. The van der Waals surface area contributed by atoms with Gasteiger partial charge in [0, 0.05) is 34.6 Å². The van der Waals surface area contributed by atoms with Crippen LogP contribution in [0.25, 0.3) is 5.69 Å². The van der Waals surface area contributed by atoms with E-state index >= 15 is 0 Å². The highest BCUT2D eigenvalue weighted by Gasteiger charge is 2.42. The highest BCUT2D eigenvalue weighted by Crippen LogP contribution is 2.44. The third-order valence-corrected chi connectivity index (χ3v) is 8.10. The van der Waals surface area contributed by atoms with Crippen molar-refractivity contribution in [2.45, 2.75) is 25.9 Å². The molecule has 0 bridgehead atoms. The number of hydrogen-bond donors (Lipinski definition) is 3. The molecule has 1 aliphatic heterocycles.